The quantitative estimate of drug-likeness (QED) is 0.666. The smallest absolute Gasteiger partial charge is 0.308 e. The summed E-state index contributed by atoms with van der Waals surface area (Å²) in [5.74, 6) is -2.08. The minimum absolute atomic E-state index is 0.0237. The third-order valence-corrected chi connectivity index (χ3v) is 6.19. The van der Waals surface area contributed by atoms with Gasteiger partial charge in [-0.2, -0.15) is 0 Å². The molecular formula is C20H17N3O5S. The number of carbonyl (C=O) groups is 2. The Kier molecular flexibility index (Phi) is 4.67. The molecule has 9 heteroatoms. The molecule has 8 nitrogen and oxygen atoms in total. The Bertz CT molecular complexity index is 1200. The lowest BCUT2D eigenvalue weighted by Crippen LogP contribution is -2.25. The third kappa shape index (κ3) is 3.64. The van der Waals surface area contributed by atoms with Gasteiger partial charge in [0.1, 0.15) is 0 Å². The van der Waals surface area contributed by atoms with Crippen LogP contribution < -0.4 is 9.62 Å². The Hall–Kier alpha value is -3.46. The molecule has 0 aliphatic carbocycles. The molecule has 29 heavy (non-hydrogen) atoms. The molecule has 2 aromatic carbocycles. The predicted octanol–water partition coefficient (Wildman–Crippen LogP) is 2.47. The summed E-state index contributed by atoms with van der Waals surface area (Å²) in [7, 11) is -3.87. The summed E-state index contributed by atoms with van der Waals surface area (Å²) in [6.45, 7) is 0.0696. The number of fused-ring (bicyclic) bond motifs is 1. The van der Waals surface area contributed by atoms with E-state index in [1.807, 2.05) is 12.1 Å². The molecule has 1 amide bonds. The van der Waals surface area contributed by atoms with Gasteiger partial charge in [0.15, 0.2) is 0 Å². The molecule has 0 bridgehead atoms. The number of carbonyl (C=O) groups excluding carboxylic acids is 1. The molecule has 1 aromatic heterocycles. The van der Waals surface area contributed by atoms with E-state index in [1.54, 1.807) is 24.4 Å². The molecule has 1 atom stereocenters. The number of rotatable bonds is 5. The molecule has 1 saturated heterocycles. The first-order valence-corrected chi connectivity index (χ1v) is 10.3. The van der Waals surface area contributed by atoms with E-state index < -0.39 is 21.9 Å². The maximum absolute atomic E-state index is 12.8. The van der Waals surface area contributed by atoms with Crippen molar-refractivity contribution in [1.82, 2.24) is 4.98 Å². The third-order valence-electron chi connectivity index (χ3n) is 4.81. The zero-order chi connectivity index (χ0) is 20.6. The number of amides is 1. The number of carboxylic acid groups (broad SMARTS) is 1. The summed E-state index contributed by atoms with van der Waals surface area (Å²) in [4.78, 5) is 28.8. The van der Waals surface area contributed by atoms with E-state index in [2.05, 4.69) is 9.71 Å². The van der Waals surface area contributed by atoms with Gasteiger partial charge >= 0.3 is 5.97 Å². The molecule has 1 aliphatic rings. The maximum atomic E-state index is 12.8. The molecule has 2 heterocycles. The van der Waals surface area contributed by atoms with Gasteiger partial charge in [-0.1, -0.05) is 18.2 Å². The molecule has 3 aromatic rings. The maximum Gasteiger partial charge on any atom is 0.308 e. The first-order chi connectivity index (χ1) is 13.8. The van der Waals surface area contributed by atoms with Crippen LogP contribution in [-0.4, -0.2) is 36.9 Å². The number of hydrogen-bond acceptors (Lipinski definition) is 5. The predicted molar refractivity (Wildman–Crippen MR) is 107 cm³/mol. The average molecular weight is 411 g/mol. The number of pyridine rings is 1. The highest BCUT2D eigenvalue weighted by Gasteiger charge is 2.35. The van der Waals surface area contributed by atoms with Crippen molar-refractivity contribution < 1.29 is 23.1 Å². The Labute approximate surface area is 166 Å². The lowest BCUT2D eigenvalue weighted by Gasteiger charge is -2.17. The molecule has 148 valence electrons. The Balaban J connectivity index is 1.58. The minimum Gasteiger partial charge on any atom is -0.481 e. The van der Waals surface area contributed by atoms with Crippen LogP contribution in [0.5, 0.6) is 0 Å². The Morgan fingerprint density at radius 2 is 1.83 bits per heavy atom. The summed E-state index contributed by atoms with van der Waals surface area (Å²) >= 11 is 0. The van der Waals surface area contributed by atoms with Crippen molar-refractivity contribution in [3.63, 3.8) is 0 Å². The van der Waals surface area contributed by atoms with Gasteiger partial charge in [0, 0.05) is 30.2 Å². The number of nitrogens with one attached hydrogen (secondary N) is 1. The van der Waals surface area contributed by atoms with Crippen LogP contribution in [-0.2, 0) is 19.6 Å². The Morgan fingerprint density at radius 3 is 2.52 bits per heavy atom. The fraction of sp³-hybridized carbons (Fsp3) is 0.150. The van der Waals surface area contributed by atoms with Gasteiger partial charge in [0.2, 0.25) is 5.91 Å². The van der Waals surface area contributed by atoms with E-state index in [4.69, 9.17) is 5.11 Å². The van der Waals surface area contributed by atoms with Gasteiger partial charge in [-0.05, 0) is 36.4 Å². The summed E-state index contributed by atoms with van der Waals surface area (Å²) in [6, 6.07) is 14.6. The van der Waals surface area contributed by atoms with Crippen molar-refractivity contribution in [2.24, 2.45) is 5.92 Å². The highest BCUT2D eigenvalue weighted by atomic mass is 32.2. The highest BCUT2D eigenvalue weighted by Crippen LogP contribution is 2.28. The van der Waals surface area contributed by atoms with Crippen LogP contribution in [0.15, 0.2) is 65.7 Å². The van der Waals surface area contributed by atoms with Crippen molar-refractivity contribution in [3.8, 4) is 0 Å². The summed E-state index contributed by atoms with van der Waals surface area (Å²) < 4.78 is 28.1. The van der Waals surface area contributed by atoms with Gasteiger partial charge in [0.05, 0.1) is 22.0 Å². The molecule has 0 spiro atoms. The first-order valence-electron chi connectivity index (χ1n) is 8.85. The largest absolute Gasteiger partial charge is 0.481 e. The van der Waals surface area contributed by atoms with Crippen LogP contribution in [0.4, 0.5) is 11.4 Å². The minimum atomic E-state index is -3.87. The van der Waals surface area contributed by atoms with Gasteiger partial charge in [-0.3, -0.25) is 19.3 Å². The number of anilines is 2. The van der Waals surface area contributed by atoms with Crippen LogP contribution in [0.3, 0.4) is 0 Å². The zero-order valence-corrected chi connectivity index (χ0v) is 16.0. The summed E-state index contributed by atoms with van der Waals surface area (Å²) in [5.41, 5.74) is 1.37. The van der Waals surface area contributed by atoms with Crippen LogP contribution >= 0.6 is 0 Å². The number of sulfonamides is 1. The van der Waals surface area contributed by atoms with Crippen molar-refractivity contribution in [2.45, 2.75) is 11.3 Å². The molecule has 0 saturated carbocycles. The van der Waals surface area contributed by atoms with Gasteiger partial charge in [0.25, 0.3) is 10.0 Å². The second kappa shape index (κ2) is 7.17. The number of aromatic nitrogens is 1. The second-order valence-electron chi connectivity index (χ2n) is 6.72. The fourth-order valence-corrected chi connectivity index (χ4v) is 4.38. The van der Waals surface area contributed by atoms with E-state index in [0.29, 0.717) is 16.9 Å². The highest BCUT2D eigenvalue weighted by molar-refractivity contribution is 7.92. The van der Waals surface area contributed by atoms with Crippen molar-refractivity contribution in [3.05, 3.63) is 60.8 Å². The number of aliphatic carboxylic acids is 1. The molecule has 0 unspecified atom stereocenters. The first kappa shape index (κ1) is 18.9. The summed E-state index contributed by atoms with van der Waals surface area (Å²) in [6.07, 6.45) is 1.53. The van der Waals surface area contributed by atoms with E-state index in [9.17, 15) is 18.0 Å². The van der Waals surface area contributed by atoms with Crippen molar-refractivity contribution in [2.75, 3.05) is 16.2 Å². The SMILES string of the molecule is O=C(O)[C@H]1CC(=O)N(c2ccc(S(=O)(=O)Nc3cccc4cccnc34)cc2)C1. The molecule has 0 radical (unpaired) electrons. The van der Waals surface area contributed by atoms with Crippen molar-refractivity contribution in [1.29, 1.82) is 0 Å². The summed E-state index contributed by atoms with van der Waals surface area (Å²) in [5, 5.41) is 9.90. The van der Waals surface area contributed by atoms with Crippen LogP contribution in [0.1, 0.15) is 6.42 Å². The lowest BCUT2D eigenvalue weighted by atomic mass is 10.1. The normalized spacial score (nSPS) is 16.9. The molecule has 4 rings (SSSR count). The topological polar surface area (TPSA) is 117 Å². The van der Waals surface area contributed by atoms with Gasteiger partial charge in [-0.25, -0.2) is 8.42 Å². The van der Waals surface area contributed by atoms with E-state index in [1.165, 1.54) is 29.2 Å². The van der Waals surface area contributed by atoms with E-state index in [-0.39, 0.29) is 23.8 Å². The van der Waals surface area contributed by atoms with E-state index >= 15 is 0 Å². The second-order valence-corrected chi connectivity index (χ2v) is 8.41. The number of para-hydroxylation sites is 1. The van der Waals surface area contributed by atoms with Crippen LogP contribution in [0, 0.1) is 5.92 Å². The number of hydrogen-bond donors (Lipinski definition) is 2. The van der Waals surface area contributed by atoms with E-state index in [0.717, 1.165) is 5.39 Å². The van der Waals surface area contributed by atoms with Gasteiger partial charge in [-0.15, -0.1) is 0 Å². The molecule has 2 N–H and O–H groups in total. The zero-order valence-electron chi connectivity index (χ0n) is 15.1. The number of nitrogens with zero attached hydrogens (tertiary/aromatic N) is 2. The monoisotopic (exact) mass is 411 g/mol. The number of carboxylic acids is 1. The van der Waals surface area contributed by atoms with Gasteiger partial charge < -0.3 is 10.0 Å². The number of benzene rings is 2. The van der Waals surface area contributed by atoms with Crippen LogP contribution in [0.25, 0.3) is 10.9 Å². The Morgan fingerprint density at radius 1 is 1.10 bits per heavy atom. The fourth-order valence-electron chi connectivity index (χ4n) is 3.32. The average Bonchev–Trinajstić information content (AvgIpc) is 3.10. The molecule has 1 fully saturated rings. The van der Waals surface area contributed by atoms with Crippen LogP contribution in [0.2, 0.25) is 0 Å². The van der Waals surface area contributed by atoms with Crippen molar-refractivity contribution >= 4 is 44.2 Å². The molecular weight excluding hydrogens is 394 g/mol. The lowest BCUT2D eigenvalue weighted by molar-refractivity contribution is -0.141. The molecule has 1 aliphatic heterocycles. The standard InChI is InChI=1S/C20H17N3O5S/c24-18-11-14(20(25)26)12-23(18)15-6-8-16(9-7-15)29(27,28)22-17-5-1-3-13-4-2-10-21-19(13)17/h1-10,14,22H,11-12H2,(H,25,26)/t14-/m0/s1.